The second kappa shape index (κ2) is 5.53. The van der Waals surface area contributed by atoms with Gasteiger partial charge in [-0.05, 0) is 24.1 Å². The predicted molar refractivity (Wildman–Crippen MR) is 69.4 cm³/mol. The van der Waals surface area contributed by atoms with Gasteiger partial charge < -0.3 is 9.88 Å². The first kappa shape index (κ1) is 12.4. The van der Waals surface area contributed by atoms with Gasteiger partial charge in [0.1, 0.15) is 5.69 Å². The molecule has 2 heterocycles. The van der Waals surface area contributed by atoms with Crippen LogP contribution in [-0.2, 0) is 6.54 Å². The van der Waals surface area contributed by atoms with Crippen molar-refractivity contribution in [2.24, 2.45) is 0 Å². The van der Waals surface area contributed by atoms with Crippen molar-refractivity contribution in [2.45, 2.75) is 26.3 Å². The van der Waals surface area contributed by atoms with E-state index in [0.717, 1.165) is 12.2 Å². The molecule has 2 N–H and O–H groups in total. The lowest BCUT2D eigenvalue weighted by molar-refractivity contribution is 0.0947. The fourth-order valence-corrected chi connectivity index (χ4v) is 1.66. The third-order valence-corrected chi connectivity index (χ3v) is 2.77. The maximum atomic E-state index is 11.8. The SMILES string of the molecule is CC(C)c1cc(C(=O)NCCn2cccc2)n[nH]1. The smallest absolute Gasteiger partial charge is 0.271 e. The highest BCUT2D eigenvalue weighted by molar-refractivity contribution is 5.92. The van der Waals surface area contributed by atoms with Crippen molar-refractivity contribution in [3.8, 4) is 0 Å². The molecule has 0 unspecified atom stereocenters. The van der Waals surface area contributed by atoms with Gasteiger partial charge in [0.05, 0.1) is 0 Å². The molecule has 0 saturated heterocycles. The van der Waals surface area contributed by atoms with Gasteiger partial charge in [-0.2, -0.15) is 5.10 Å². The topological polar surface area (TPSA) is 62.7 Å². The third-order valence-electron chi connectivity index (χ3n) is 2.77. The van der Waals surface area contributed by atoms with E-state index in [1.165, 1.54) is 0 Å². The van der Waals surface area contributed by atoms with Crippen molar-refractivity contribution in [3.63, 3.8) is 0 Å². The van der Waals surface area contributed by atoms with E-state index >= 15 is 0 Å². The zero-order chi connectivity index (χ0) is 13.0. The van der Waals surface area contributed by atoms with Crippen molar-refractivity contribution in [1.29, 1.82) is 0 Å². The highest BCUT2D eigenvalue weighted by Gasteiger charge is 2.11. The maximum Gasteiger partial charge on any atom is 0.271 e. The Morgan fingerprint density at radius 3 is 2.78 bits per heavy atom. The molecule has 0 radical (unpaired) electrons. The Balaban J connectivity index is 1.83. The van der Waals surface area contributed by atoms with E-state index in [1.54, 1.807) is 6.07 Å². The van der Waals surface area contributed by atoms with Gasteiger partial charge in [0.2, 0.25) is 0 Å². The first-order valence-electron chi connectivity index (χ1n) is 6.11. The number of H-pyrrole nitrogens is 1. The Morgan fingerprint density at radius 2 is 2.17 bits per heavy atom. The summed E-state index contributed by atoms with van der Waals surface area (Å²) in [4.78, 5) is 11.8. The van der Waals surface area contributed by atoms with Crippen LogP contribution in [0.4, 0.5) is 0 Å². The fraction of sp³-hybridized carbons (Fsp3) is 0.385. The van der Waals surface area contributed by atoms with Gasteiger partial charge in [-0.3, -0.25) is 9.89 Å². The number of aromatic amines is 1. The molecule has 0 aliphatic heterocycles. The highest BCUT2D eigenvalue weighted by Crippen LogP contribution is 2.11. The molecule has 18 heavy (non-hydrogen) atoms. The van der Waals surface area contributed by atoms with Crippen molar-refractivity contribution < 1.29 is 4.79 Å². The molecule has 0 bridgehead atoms. The van der Waals surface area contributed by atoms with Gasteiger partial charge in [0.15, 0.2) is 0 Å². The minimum atomic E-state index is -0.134. The number of amides is 1. The summed E-state index contributed by atoms with van der Waals surface area (Å²) in [7, 11) is 0. The van der Waals surface area contributed by atoms with Gasteiger partial charge in [0.25, 0.3) is 5.91 Å². The van der Waals surface area contributed by atoms with Crippen LogP contribution in [0.15, 0.2) is 30.6 Å². The van der Waals surface area contributed by atoms with Crippen LogP contribution in [0.25, 0.3) is 0 Å². The van der Waals surface area contributed by atoms with Gasteiger partial charge in [-0.15, -0.1) is 0 Å². The van der Waals surface area contributed by atoms with Crippen LogP contribution in [0.2, 0.25) is 0 Å². The van der Waals surface area contributed by atoms with Crippen LogP contribution in [0.5, 0.6) is 0 Å². The predicted octanol–water partition coefficient (Wildman–Crippen LogP) is 1.76. The number of nitrogens with one attached hydrogen (secondary N) is 2. The molecule has 0 fully saturated rings. The summed E-state index contributed by atoms with van der Waals surface area (Å²) >= 11 is 0. The number of rotatable bonds is 5. The summed E-state index contributed by atoms with van der Waals surface area (Å²) in [5.74, 6) is 0.212. The molecule has 96 valence electrons. The molecule has 5 heteroatoms. The van der Waals surface area contributed by atoms with Gasteiger partial charge in [0, 0.05) is 31.2 Å². The van der Waals surface area contributed by atoms with E-state index in [9.17, 15) is 4.79 Å². The van der Waals surface area contributed by atoms with Crippen LogP contribution >= 0.6 is 0 Å². The molecule has 2 rings (SSSR count). The average Bonchev–Trinajstić information content (AvgIpc) is 2.99. The summed E-state index contributed by atoms with van der Waals surface area (Å²) in [6.45, 7) is 5.47. The number of hydrogen-bond acceptors (Lipinski definition) is 2. The lowest BCUT2D eigenvalue weighted by Crippen LogP contribution is -2.27. The van der Waals surface area contributed by atoms with E-state index in [2.05, 4.69) is 29.4 Å². The number of aromatic nitrogens is 3. The van der Waals surface area contributed by atoms with Crippen LogP contribution in [0.3, 0.4) is 0 Å². The maximum absolute atomic E-state index is 11.8. The van der Waals surface area contributed by atoms with Crippen LogP contribution in [0, 0.1) is 0 Å². The normalized spacial score (nSPS) is 10.8. The van der Waals surface area contributed by atoms with Crippen LogP contribution in [-0.4, -0.2) is 27.2 Å². The quantitative estimate of drug-likeness (QED) is 0.844. The summed E-state index contributed by atoms with van der Waals surface area (Å²) < 4.78 is 2.02. The van der Waals surface area contributed by atoms with E-state index in [1.807, 2.05) is 29.1 Å². The van der Waals surface area contributed by atoms with Crippen molar-refractivity contribution in [3.05, 3.63) is 42.0 Å². The largest absolute Gasteiger partial charge is 0.353 e. The Bertz CT molecular complexity index is 499. The van der Waals surface area contributed by atoms with Gasteiger partial charge in [-0.1, -0.05) is 13.8 Å². The van der Waals surface area contributed by atoms with Crippen LogP contribution < -0.4 is 5.32 Å². The Labute approximate surface area is 106 Å². The molecule has 0 aliphatic rings. The summed E-state index contributed by atoms with van der Waals surface area (Å²) in [6.07, 6.45) is 3.94. The Kier molecular flexibility index (Phi) is 3.82. The third kappa shape index (κ3) is 3.00. The van der Waals surface area contributed by atoms with Crippen molar-refractivity contribution >= 4 is 5.91 Å². The standard InChI is InChI=1S/C13H18N4O/c1-10(2)11-9-12(16-15-11)13(18)14-5-8-17-6-3-4-7-17/h3-4,6-7,9-10H,5,8H2,1-2H3,(H,14,18)(H,15,16). The first-order chi connectivity index (χ1) is 8.66. The fourth-order valence-electron chi connectivity index (χ4n) is 1.66. The molecule has 0 spiro atoms. The second-order valence-electron chi connectivity index (χ2n) is 4.54. The summed E-state index contributed by atoms with van der Waals surface area (Å²) in [6, 6.07) is 5.73. The lowest BCUT2D eigenvalue weighted by atomic mass is 10.1. The zero-order valence-electron chi connectivity index (χ0n) is 10.7. The summed E-state index contributed by atoms with van der Waals surface area (Å²) in [5, 5.41) is 9.73. The van der Waals surface area contributed by atoms with E-state index < -0.39 is 0 Å². The monoisotopic (exact) mass is 246 g/mol. The zero-order valence-corrected chi connectivity index (χ0v) is 10.7. The average molecular weight is 246 g/mol. The van der Waals surface area contributed by atoms with E-state index in [4.69, 9.17) is 0 Å². The minimum absolute atomic E-state index is 0.134. The number of nitrogens with zero attached hydrogens (tertiary/aromatic N) is 2. The number of carbonyl (C=O) groups excluding carboxylic acids is 1. The lowest BCUT2D eigenvalue weighted by Gasteiger charge is -2.04. The molecule has 0 aromatic carbocycles. The van der Waals surface area contributed by atoms with Crippen LogP contribution in [0.1, 0.15) is 35.9 Å². The molecule has 0 atom stereocenters. The molecule has 1 amide bonds. The van der Waals surface area contributed by atoms with Gasteiger partial charge >= 0.3 is 0 Å². The minimum Gasteiger partial charge on any atom is -0.353 e. The molecular formula is C13H18N4O. The van der Waals surface area contributed by atoms with E-state index in [-0.39, 0.29) is 5.91 Å². The molecule has 2 aromatic rings. The molecular weight excluding hydrogens is 228 g/mol. The molecule has 5 nitrogen and oxygen atoms in total. The van der Waals surface area contributed by atoms with Gasteiger partial charge in [-0.25, -0.2) is 0 Å². The second-order valence-corrected chi connectivity index (χ2v) is 4.54. The number of hydrogen-bond donors (Lipinski definition) is 2. The molecule has 0 saturated carbocycles. The first-order valence-corrected chi connectivity index (χ1v) is 6.11. The molecule has 0 aliphatic carbocycles. The highest BCUT2D eigenvalue weighted by atomic mass is 16.1. The van der Waals surface area contributed by atoms with E-state index in [0.29, 0.717) is 18.2 Å². The Morgan fingerprint density at radius 1 is 1.44 bits per heavy atom. The summed E-state index contributed by atoms with van der Waals surface area (Å²) in [5.41, 5.74) is 1.43. The van der Waals surface area contributed by atoms with Crippen molar-refractivity contribution in [1.82, 2.24) is 20.1 Å². The Hall–Kier alpha value is -2.04. The molecule has 2 aromatic heterocycles. The number of carbonyl (C=O) groups is 1. The van der Waals surface area contributed by atoms with Crippen molar-refractivity contribution in [2.75, 3.05) is 6.54 Å².